The minimum absolute atomic E-state index is 0.110. The lowest BCUT2D eigenvalue weighted by atomic mass is 10.0. The van der Waals surface area contributed by atoms with Crippen molar-refractivity contribution in [3.05, 3.63) is 57.2 Å². The number of nitrogens with one attached hydrogen (secondary N) is 2. The van der Waals surface area contributed by atoms with Gasteiger partial charge in [0.15, 0.2) is 0 Å². The van der Waals surface area contributed by atoms with Crippen LogP contribution >= 0.6 is 22.9 Å². The molecule has 1 aromatic carbocycles. The number of benzene rings is 1. The van der Waals surface area contributed by atoms with Gasteiger partial charge in [0.05, 0.1) is 18.5 Å². The van der Waals surface area contributed by atoms with Gasteiger partial charge in [-0.15, -0.1) is 0 Å². The fourth-order valence-corrected chi connectivity index (χ4v) is 3.56. The van der Waals surface area contributed by atoms with Gasteiger partial charge in [-0.05, 0) is 54.2 Å². The summed E-state index contributed by atoms with van der Waals surface area (Å²) in [5, 5.41) is 10.5. The van der Waals surface area contributed by atoms with E-state index in [0.29, 0.717) is 11.6 Å². The zero-order chi connectivity index (χ0) is 19.1. The lowest BCUT2D eigenvalue weighted by Crippen LogP contribution is -2.37. The van der Waals surface area contributed by atoms with Gasteiger partial charge < -0.3 is 15.5 Å². The van der Waals surface area contributed by atoms with E-state index in [9.17, 15) is 9.59 Å². The van der Waals surface area contributed by atoms with E-state index >= 15 is 0 Å². The van der Waals surface area contributed by atoms with Crippen LogP contribution in [0.4, 0.5) is 0 Å². The molecule has 5 nitrogen and oxygen atoms in total. The Balaban J connectivity index is 2.00. The van der Waals surface area contributed by atoms with Gasteiger partial charge in [-0.3, -0.25) is 9.59 Å². The summed E-state index contributed by atoms with van der Waals surface area (Å²) in [6.07, 6.45) is 0.172. The van der Waals surface area contributed by atoms with Crippen molar-refractivity contribution in [1.29, 1.82) is 0 Å². The number of carbonyl (C=O) groups is 2. The summed E-state index contributed by atoms with van der Waals surface area (Å²) in [5.41, 5.74) is 2.03. The fraction of sp³-hybridized carbons (Fsp3) is 0.368. The zero-order valence-electron chi connectivity index (χ0n) is 15.2. The highest BCUT2D eigenvalue weighted by molar-refractivity contribution is 7.07. The number of nitrogens with zero attached hydrogens (tertiary/aromatic N) is 1. The van der Waals surface area contributed by atoms with Gasteiger partial charge in [0.2, 0.25) is 11.8 Å². The van der Waals surface area contributed by atoms with Crippen LogP contribution < -0.4 is 10.6 Å². The number of rotatable bonds is 8. The predicted octanol–water partition coefficient (Wildman–Crippen LogP) is 3.39. The van der Waals surface area contributed by atoms with Crippen molar-refractivity contribution in [2.75, 3.05) is 20.6 Å². The number of carbonyl (C=O) groups excluding carboxylic acids is 2. The third kappa shape index (κ3) is 6.12. The first-order chi connectivity index (χ1) is 12.4. The molecule has 0 fully saturated rings. The summed E-state index contributed by atoms with van der Waals surface area (Å²) < 4.78 is 0. The van der Waals surface area contributed by atoms with Crippen molar-refractivity contribution in [2.45, 2.75) is 25.4 Å². The first-order valence-electron chi connectivity index (χ1n) is 8.34. The number of hydrogen-bond donors (Lipinski definition) is 2. The Morgan fingerprint density at radius 1 is 1.15 bits per heavy atom. The number of thiophene rings is 1. The number of halogens is 1. The molecule has 0 radical (unpaired) electrons. The van der Waals surface area contributed by atoms with Crippen molar-refractivity contribution in [3.8, 4) is 0 Å². The first-order valence-corrected chi connectivity index (χ1v) is 9.66. The van der Waals surface area contributed by atoms with Crippen molar-refractivity contribution in [2.24, 2.45) is 0 Å². The summed E-state index contributed by atoms with van der Waals surface area (Å²) in [7, 11) is 3.98. The summed E-state index contributed by atoms with van der Waals surface area (Å²) in [4.78, 5) is 26.1. The summed E-state index contributed by atoms with van der Waals surface area (Å²) in [6.45, 7) is 1.95. The Morgan fingerprint density at radius 2 is 1.85 bits per heavy atom. The lowest BCUT2D eigenvalue weighted by molar-refractivity contribution is -0.123. The molecule has 2 atom stereocenters. The summed E-state index contributed by atoms with van der Waals surface area (Å²) in [5.74, 6) is -0.289. The molecule has 0 saturated carbocycles. The molecule has 0 saturated heterocycles. The quantitative estimate of drug-likeness (QED) is 0.722. The number of likely N-dealkylation sites (N-methyl/N-ethyl adjacent to an activating group) is 1. The van der Waals surface area contributed by atoms with Gasteiger partial charge in [-0.1, -0.05) is 23.7 Å². The lowest BCUT2D eigenvalue weighted by Gasteiger charge is -2.25. The van der Waals surface area contributed by atoms with Gasteiger partial charge in [0.25, 0.3) is 0 Å². The Labute approximate surface area is 163 Å². The first kappa shape index (κ1) is 20.4. The van der Waals surface area contributed by atoms with E-state index in [-0.39, 0.29) is 30.3 Å². The van der Waals surface area contributed by atoms with Crippen LogP contribution in [-0.2, 0) is 9.59 Å². The van der Waals surface area contributed by atoms with Crippen LogP contribution in [0.5, 0.6) is 0 Å². The second kappa shape index (κ2) is 9.71. The summed E-state index contributed by atoms with van der Waals surface area (Å²) >= 11 is 7.56. The van der Waals surface area contributed by atoms with E-state index in [0.717, 1.165) is 5.56 Å². The molecule has 0 aliphatic carbocycles. The predicted molar refractivity (Wildman–Crippen MR) is 106 cm³/mol. The Kier molecular flexibility index (Phi) is 7.63. The van der Waals surface area contributed by atoms with Gasteiger partial charge in [0, 0.05) is 18.5 Å². The molecule has 1 aromatic heterocycles. The average molecular weight is 394 g/mol. The summed E-state index contributed by atoms with van der Waals surface area (Å²) in [6, 6.07) is 8.94. The van der Waals surface area contributed by atoms with Crippen molar-refractivity contribution >= 4 is 34.8 Å². The van der Waals surface area contributed by atoms with E-state index in [1.807, 2.05) is 31.6 Å². The van der Waals surface area contributed by atoms with E-state index in [4.69, 9.17) is 11.6 Å². The smallest absolute Gasteiger partial charge is 0.222 e. The van der Waals surface area contributed by atoms with Crippen LogP contribution in [0, 0.1) is 0 Å². The molecule has 2 unspecified atom stereocenters. The van der Waals surface area contributed by atoms with Crippen LogP contribution in [0.25, 0.3) is 0 Å². The molecular formula is C19H24ClN3O2S. The van der Waals surface area contributed by atoms with Gasteiger partial charge >= 0.3 is 0 Å². The Morgan fingerprint density at radius 3 is 2.38 bits per heavy atom. The highest BCUT2D eigenvalue weighted by Gasteiger charge is 2.19. The fourth-order valence-electron chi connectivity index (χ4n) is 2.72. The molecule has 26 heavy (non-hydrogen) atoms. The SMILES string of the molecule is CC(=O)NC(CC(=O)NCC(c1ccsc1)N(C)C)c1ccc(Cl)cc1. The molecule has 140 valence electrons. The minimum Gasteiger partial charge on any atom is -0.354 e. The molecule has 1 heterocycles. The second-order valence-electron chi connectivity index (χ2n) is 6.35. The van der Waals surface area contributed by atoms with E-state index < -0.39 is 0 Å². The largest absolute Gasteiger partial charge is 0.354 e. The molecule has 2 amide bonds. The topological polar surface area (TPSA) is 61.4 Å². The van der Waals surface area contributed by atoms with E-state index in [1.165, 1.54) is 12.5 Å². The van der Waals surface area contributed by atoms with Crippen LogP contribution in [0.1, 0.15) is 36.6 Å². The molecule has 0 spiro atoms. The maximum atomic E-state index is 12.5. The highest BCUT2D eigenvalue weighted by Crippen LogP contribution is 2.21. The maximum Gasteiger partial charge on any atom is 0.222 e. The van der Waals surface area contributed by atoms with Gasteiger partial charge in [-0.2, -0.15) is 11.3 Å². The van der Waals surface area contributed by atoms with E-state index in [1.54, 1.807) is 23.5 Å². The van der Waals surface area contributed by atoms with E-state index in [2.05, 4.69) is 27.0 Å². The van der Waals surface area contributed by atoms with Gasteiger partial charge in [0.1, 0.15) is 0 Å². The van der Waals surface area contributed by atoms with Crippen LogP contribution in [0.3, 0.4) is 0 Å². The maximum absolute atomic E-state index is 12.5. The minimum atomic E-state index is -0.385. The Bertz CT molecular complexity index is 717. The molecule has 0 bridgehead atoms. The number of amides is 2. The molecule has 2 aromatic rings. The standard InChI is InChI=1S/C19H24ClN3O2S/c1-13(24)22-17(14-4-6-16(20)7-5-14)10-19(25)21-11-18(23(2)3)15-8-9-26-12-15/h4-9,12,17-18H,10-11H2,1-3H3,(H,21,25)(H,22,24). The third-order valence-corrected chi connectivity index (χ3v) is 5.04. The monoisotopic (exact) mass is 393 g/mol. The molecule has 7 heteroatoms. The average Bonchev–Trinajstić information content (AvgIpc) is 3.08. The molecule has 0 aliphatic heterocycles. The molecule has 0 aliphatic rings. The zero-order valence-corrected chi connectivity index (χ0v) is 16.7. The van der Waals surface area contributed by atoms with Gasteiger partial charge in [-0.25, -0.2) is 0 Å². The molecule has 2 N–H and O–H groups in total. The van der Waals surface area contributed by atoms with Crippen molar-refractivity contribution in [1.82, 2.24) is 15.5 Å². The highest BCUT2D eigenvalue weighted by atomic mass is 35.5. The van der Waals surface area contributed by atoms with Crippen LogP contribution in [0.15, 0.2) is 41.1 Å². The van der Waals surface area contributed by atoms with Crippen molar-refractivity contribution < 1.29 is 9.59 Å². The normalized spacial score (nSPS) is 13.3. The van der Waals surface area contributed by atoms with Crippen molar-refractivity contribution in [3.63, 3.8) is 0 Å². The molecular weight excluding hydrogens is 370 g/mol. The molecule has 2 rings (SSSR count). The third-order valence-electron chi connectivity index (χ3n) is 4.08. The van der Waals surface area contributed by atoms with Crippen LogP contribution in [0.2, 0.25) is 5.02 Å². The second-order valence-corrected chi connectivity index (χ2v) is 7.57. The number of hydrogen-bond acceptors (Lipinski definition) is 4. The van der Waals surface area contributed by atoms with Crippen LogP contribution in [-0.4, -0.2) is 37.4 Å². The Hall–Kier alpha value is -1.89.